The number of amides is 1. The van der Waals surface area contributed by atoms with Crippen LogP contribution in [0.25, 0.3) is 21.0 Å². The minimum atomic E-state index is -0.202. The van der Waals surface area contributed by atoms with Crippen molar-refractivity contribution in [3.8, 4) is 10.8 Å². The summed E-state index contributed by atoms with van der Waals surface area (Å²) in [4.78, 5) is 20.7. The summed E-state index contributed by atoms with van der Waals surface area (Å²) in [5, 5.41) is 3.65. The van der Waals surface area contributed by atoms with Gasteiger partial charge in [-0.25, -0.2) is 4.98 Å². The smallest absolute Gasteiger partial charge is 0.253 e. The second-order valence-electron chi connectivity index (χ2n) is 5.33. The van der Waals surface area contributed by atoms with Gasteiger partial charge in [0.05, 0.1) is 22.3 Å². The van der Waals surface area contributed by atoms with Gasteiger partial charge >= 0.3 is 0 Å². The molecule has 0 atom stereocenters. The predicted molar refractivity (Wildman–Crippen MR) is 100 cm³/mol. The van der Waals surface area contributed by atoms with E-state index in [9.17, 15) is 4.79 Å². The fraction of sp³-hybridized carbons (Fsp3) is 0.0556. The first-order chi connectivity index (χ1) is 12.2. The zero-order chi connectivity index (χ0) is 17.2. The molecule has 124 valence electrons. The lowest BCUT2D eigenvalue weighted by molar-refractivity contribution is 0.0947. The molecule has 1 N–H and O–H groups in total. The van der Waals surface area contributed by atoms with E-state index in [0.29, 0.717) is 23.6 Å². The average Bonchev–Trinajstić information content (AvgIpc) is 3.26. The highest BCUT2D eigenvalue weighted by Gasteiger charge is 2.12. The number of halogens is 1. The summed E-state index contributed by atoms with van der Waals surface area (Å²) >= 11 is 4.88. The molecule has 0 aliphatic rings. The number of aromatic nitrogens is 2. The number of hydrogen-bond acceptors (Lipinski definition) is 5. The molecule has 0 saturated carbocycles. The number of nitrogens with one attached hydrogen (secondary N) is 1. The summed E-state index contributed by atoms with van der Waals surface area (Å²) in [5.74, 6) is 1.17. The van der Waals surface area contributed by atoms with E-state index >= 15 is 0 Å². The number of nitrogens with zero attached hydrogens (tertiary/aromatic N) is 2. The van der Waals surface area contributed by atoms with Gasteiger partial charge < -0.3 is 9.73 Å². The lowest BCUT2D eigenvalue weighted by atomic mass is 10.2. The largest absolute Gasteiger partial charge is 0.457 e. The van der Waals surface area contributed by atoms with Crippen LogP contribution in [0.5, 0.6) is 0 Å². The Kier molecular flexibility index (Phi) is 4.33. The maximum Gasteiger partial charge on any atom is 0.253 e. The Morgan fingerprint density at radius 3 is 2.92 bits per heavy atom. The highest BCUT2D eigenvalue weighted by Crippen LogP contribution is 2.31. The van der Waals surface area contributed by atoms with Gasteiger partial charge in [-0.1, -0.05) is 12.1 Å². The summed E-state index contributed by atoms with van der Waals surface area (Å²) < 4.78 is 7.69. The van der Waals surface area contributed by atoms with Crippen LogP contribution < -0.4 is 5.32 Å². The first-order valence-corrected chi connectivity index (χ1v) is 9.13. The summed E-state index contributed by atoms with van der Waals surface area (Å²) in [6.45, 7) is 0.302. The first-order valence-electron chi connectivity index (χ1n) is 7.52. The minimum Gasteiger partial charge on any atom is -0.457 e. The first kappa shape index (κ1) is 16.0. The van der Waals surface area contributed by atoms with E-state index in [1.54, 1.807) is 23.6 Å². The standard InChI is InChI=1S/C18H12BrN3O2S/c19-12-7-11(8-20-9-12)17(23)21-10-13-5-6-15(24-13)18-22-14-3-1-2-4-16(14)25-18/h1-9H,10H2,(H,21,23). The van der Waals surface area contributed by atoms with Crippen molar-refractivity contribution < 1.29 is 9.21 Å². The SMILES string of the molecule is O=C(NCc1ccc(-c2nc3ccccc3s2)o1)c1cncc(Br)c1. The van der Waals surface area contributed by atoms with Crippen LogP contribution in [-0.2, 0) is 6.54 Å². The Morgan fingerprint density at radius 2 is 2.08 bits per heavy atom. The van der Waals surface area contributed by atoms with Crippen LogP contribution in [-0.4, -0.2) is 15.9 Å². The van der Waals surface area contributed by atoms with Crippen LogP contribution in [0.3, 0.4) is 0 Å². The van der Waals surface area contributed by atoms with Crippen molar-refractivity contribution in [1.29, 1.82) is 0 Å². The normalized spacial score (nSPS) is 10.9. The number of rotatable bonds is 4. The van der Waals surface area contributed by atoms with Crippen LogP contribution in [0, 0.1) is 0 Å². The van der Waals surface area contributed by atoms with E-state index in [1.807, 2.05) is 36.4 Å². The van der Waals surface area contributed by atoms with E-state index in [2.05, 4.69) is 31.2 Å². The molecule has 0 fully saturated rings. The third-order valence-electron chi connectivity index (χ3n) is 3.56. The Bertz CT molecular complexity index is 1020. The molecule has 5 nitrogen and oxygen atoms in total. The monoisotopic (exact) mass is 413 g/mol. The molecule has 7 heteroatoms. The second kappa shape index (κ2) is 6.78. The minimum absolute atomic E-state index is 0.202. The summed E-state index contributed by atoms with van der Waals surface area (Å²) in [5.41, 5.74) is 1.45. The predicted octanol–water partition coefficient (Wildman–Crippen LogP) is 4.64. The number of furan rings is 1. The number of para-hydroxylation sites is 1. The van der Waals surface area contributed by atoms with Crippen LogP contribution in [0.15, 0.2) is 63.7 Å². The topological polar surface area (TPSA) is 68.0 Å². The molecule has 1 amide bonds. The molecule has 3 aromatic heterocycles. The molecule has 0 bridgehead atoms. The number of carbonyl (C=O) groups excluding carboxylic acids is 1. The quantitative estimate of drug-likeness (QED) is 0.528. The zero-order valence-corrected chi connectivity index (χ0v) is 15.3. The van der Waals surface area contributed by atoms with Crippen molar-refractivity contribution in [2.75, 3.05) is 0 Å². The maximum atomic E-state index is 12.1. The number of thiazole rings is 1. The third kappa shape index (κ3) is 3.47. The molecule has 4 rings (SSSR count). The van der Waals surface area contributed by atoms with Gasteiger partial charge in [-0.3, -0.25) is 9.78 Å². The van der Waals surface area contributed by atoms with Crippen LogP contribution >= 0.6 is 27.3 Å². The number of carbonyl (C=O) groups is 1. The molecule has 3 heterocycles. The van der Waals surface area contributed by atoms with Gasteiger partial charge in [-0.2, -0.15) is 0 Å². The molecule has 4 aromatic rings. The molecular formula is C18H12BrN3O2S. The van der Waals surface area contributed by atoms with Crippen molar-refractivity contribution in [1.82, 2.24) is 15.3 Å². The molecular weight excluding hydrogens is 402 g/mol. The van der Waals surface area contributed by atoms with Gasteiger partial charge in [0.2, 0.25) is 0 Å². The van der Waals surface area contributed by atoms with Gasteiger partial charge in [0.15, 0.2) is 10.8 Å². The molecule has 0 saturated heterocycles. The van der Waals surface area contributed by atoms with E-state index < -0.39 is 0 Å². The number of benzene rings is 1. The Hall–Kier alpha value is -2.51. The maximum absolute atomic E-state index is 12.1. The van der Waals surface area contributed by atoms with Gasteiger partial charge in [0.1, 0.15) is 5.76 Å². The van der Waals surface area contributed by atoms with Gasteiger partial charge in [-0.05, 0) is 46.3 Å². The molecule has 0 aliphatic carbocycles. The summed E-state index contributed by atoms with van der Waals surface area (Å²) in [7, 11) is 0. The van der Waals surface area contributed by atoms with Gasteiger partial charge in [0.25, 0.3) is 5.91 Å². The third-order valence-corrected chi connectivity index (χ3v) is 5.04. The Balaban J connectivity index is 1.47. The van der Waals surface area contributed by atoms with Crippen molar-refractivity contribution >= 4 is 43.4 Å². The lowest BCUT2D eigenvalue weighted by Crippen LogP contribution is -2.22. The van der Waals surface area contributed by atoms with Gasteiger partial charge in [-0.15, -0.1) is 11.3 Å². The van der Waals surface area contributed by atoms with Crippen LogP contribution in [0.4, 0.5) is 0 Å². The highest BCUT2D eigenvalue weighted by molar-refractivity contribution is 9.10. The fourth-order valence-electron chi connectivity index (χ4n) is 2.37. The second-order valence-corrected chi connectivity index (χ2v) is 7.27. The zero-order valence-electron chi connectivity index (χ0n) is 12.9. The highest BCUT2D eigenvalue weighted by atomic mass is 79.9. The fourth-order valence-corrected chi connectivity index (χ4v) is 3.66. The molecule has 1 aromatic carbocycles. The van der Waals surface area contributed by atoms with Crippen molar-refractivity contribution in [3.05, 3.63) is 70.7 Å². The van der Waals surface area contributed by atoms with E-state index in [0.717, 1.165) is 19.7 Å². The molecule has 25 heavy (non-hydrogen) atoms. The number of fused-ring (bicyclic) bond motifs is 1. The van der Waals surface area contributed by atoms with Gasteiger partial charge in [0, 0.05) is 16.9 Å². The van der Waals surface area contributed by atoms with E-state index in [-0.39, 0.29) is 5.91 Å². The molecule has 0 radical (unpaired) electrons. The Morgan fingerprint density at radius 1 is 1.20 bits per heavy atom. The number of pyridine rings is 1. The van der Waals surface area contributed by atoms with Crippen molar-refractivity contribution in [2.45, 2.75) is 6.54 Å². The number of hydrogen-bond donors (Lipinski definition) is 1. The van der Waals surface area contributed by atoms with Crippen molar-refractivity contribution in [3.63, 3.8) is 0 Å². The summed E-state index contributed by atoms with van der Waals surface area (Å²) in [6, 6.07) is 13.4. The van der Waals surface area contributed by atoms with E-state index in [4.69, 9.17) is 4.42 Å². The van der Waals surface area contributed by atoms with Crippen LogP contribution in [0.1, 0.15) is 16.1 Å². The molecule has 0 unspecified atom stereocenters. The average molecular weight is 414 g/mol. The lowest BCUT2D eigenvalue weighted by Gasteiger charge is -2.03. The Labute approximate surface area is 155 Å². The molecule has 0 spiro atoms. The molecule has 0 aliphatic heterocycles. The van der Waals surface area contributed by atoms with Crippen molar-refractivity contribution in [2.24, 2.45) is 0 Å². The van der Waals surface area contributed by atoms with Crippen LogP contribution in [0.2, 0.25) is 0 Å². The summed E-state index contributed by atoms with van der Waals surface area (Å²) in [6.07, 6.45) is 3.16. The van der Waals surface area contributed by atoms with E-state index in [1.165, 1.54) is 6.20 Å².